The topological polar surface area (TPSA) is 59.8 Å². The predicted octanol–water partition coefficient (Wildman–Crippen LogP) is 2.95. The summed E-state index contributed by atoms with van der Waals surface area (Å²) < 4.78 is 2.57. The summed E-state index contributed by atoms with van der Waals surface area (Å²) in [5.41, 5.74) is 0.919. The van der Waals surface area contributed by atoms with Crippen molar-refractivity contribution in [1.82, 2.24) is 20.3 Å². The first-order valence-corrected chi connectivity index (χ1v) is 7.21. The van der Waals surface area contributed by atoms with Crippen molar-refractivity contribution in [3.05, 3.63) is 40.6 Å². The Morgan fingerprint density at radius 1 is 1.35 bits per heavy atom. The molecule has 0 saturated heterocycles. The number of halogens is 1. The number of hydrogen-bond donors (Lipinski definition) is 1. The van der Waals surface area contributed by atoms with Gasteiger partial charge in [-0.3, -0.25) is 4.79 Å². The van der Waals surface area contributed by atoms with Crippen LogP contribution in [0.3, 0.4) is 0 Å². The Kier molecular flexibility index (Phi) is 4.23. The number of nitrogens with zero attached hydrogens (tertiary/aromatic N) is 3. The second kappa shape index (κ2) is 5.75. The van der Waals surface area contributed by atoms with Gasteiger partial charge in [-0.25, -0.2) is 4.68 Å². The standard InChI is InChI=1S/C14H17BrN4O/c1-4-14(2,3)16-13(20)12-9-19(18-17-12)11-7-5-10(15)6-8-11/h5-9H,4H2,1-3H3,(H,16,20). The lowest BCUT2D eigenvalue weighted by Crippen LogP contribution is -2.42. The second-order valence-corrected chi connectivity index (χ2v) is 6.13. The van der Waals surface area contributed by atoms with E-state index < -0.39 is 0 Å². The molecule has 0 unspecified atom stereocenters. The van der Waals surface area contributed by atoms with Crippen molar-refractivity contribution in [1.29, 1.82) is 0 Å². The van der Waals surface area contributed by atoms with Gasteiger partial charge in [0.2, 0.25) is 0 Å². The summed E-state index contributed by atoms with van der Waals surface area (Å²) in [6.07, 6.45) is 2.48. The van der Waals surface area contributed by atoms with Crippen LogP contribution in [0.4, 0.5) is 0 Å². The van der Waals surface area contributed by atoms with Crippen LogP contribution in [0.1, 0.15) is 37.7 Å². The monoisotopic (exact) mass is 336 g/mol. The maximum absolute atomic E-state index is 12.1. The van der Waals surface area contributed by atoms with Crippen molar-refractivity contribution >= 4 is 21.8 Å². The van der Waals surface area contributed by atoms with Gasteiger partial charge in [-0.2, -0.15) is 0 Å². The molecule has 0 radical (unpaired) electrons. The number of carbonyl (C=O) groups is 1. The van der Waals surface area contributed by atoms with Gasteiger partial charge < -0.3 is 5.32 Å². The van der Waals surface area contributed by atoms with E-state index in [1.54, 1.807) is 10.9 Å². The summed E-state index contributed by atoms with van der Waals surface area (Å²) >= 11 is 3.38. The molecule has 1 aromatic heterocycles. The highest BCUT2D eigenvalue weighted by Gasteiger charge is 2.20. The normalized spacial score (nSPS) is 11.4. The molecule has 0 spiro atoms. The zero-order valence-corrected chi connectivity index (χ0v) is 13.3. The number of rotatable bonds is 4. The van der Waals surface area contributed by atoms with E-state index in [9.17, 15) is 4.79 Å². The van der Waals surface area contributed by atoms with E-state index in [1.807, 2.05) is 45.0 Å². The molecule has 1 amide bonds. The number of benzene rings is 1. The van der Waals surface area contributed by atoms with E-state index in [4.69, 9.17) is 0 Å². The van der Waals surface area contributed by atoms with Crippen LogP contribution < -0.4 is 5.32 Å². The van der Waals surface area contributed by atoms with Gasteiger partial charge >= 0.3 is 0 Å². The van der Waals surface area contributed by atoms with Crippen LogP contribution in [0.5, 0.6) is 0 Å². The van der Waals surface area contributed by atoms with Crippen LogP contribution in [-0.4, -0.2) is 26.4 Å². The zero-order valence-electron chi connectivity index (χ0n) is 11.7. The SMILES string of the molecule is CCC(C)(C)NC(=O)c1cn(-c2ccc(Br)cc2)nn1. The minimum atomic E-state index is -0.252. The van der Waals surface area contributed by atoms with Gasteiger partial charge in [0.25, 0.3) is 5.91 Å². The Morgan fingerprint density at radius 3 is 2.60 bits per heavy atom. The maximum atomic E-state index is 12.1. The smallest absolute Gasteiger partial charge is 0.273 e. The molecule has 1 aromatic carbocycles. The molecule has 6 heteroatoms. The summed E-state index contributed by atoms with van der Waals surface area (Å²) in [4.78, 5) is 12.1. The van der Waals surface area contributed by atoms with E-state index in [0.717, 1.165) is 16.6 Å². The third-order valence-corrected chi connectivity index (χ3v) is 3.68. The molecule has 0 aliphatic heterocycles. The van der Waals surface area contributed by atoms with E-state index >= 15 is 0 Å². The highest BCUT2D eigenvalue weighted by atomic mass is 79.9. The molecule has 0 atom stereocenters. The first kappa shape index (κ1) is 14.7. The lowest BCUT2D eigenvalue weighted by atomic mass is 10.0. The van der Waals surface area contributed by atoms with Crippen molar-refractivity contribution in [3.8, 4) is 5.69 Å². The molecule has 1 heterocycles. The summed E-state index contributed by atoms with van der Waals surface area (Å²) in [6.45, 7) is 5.98. The fraction of sp³-hybridized carbons (Fsp3) is 0.357. The largest absolute Gasteiger partial charge is 0.346 e. The van der Waals surface area contributed by atoms with Crippen LogP contribution in [-0.2, 0) is 0 Å². The summed E-state index contributed by atoms with van der Waals surface area (Å²) in [6, 6.07) is 7.63. The number of nitrogens with one attached hydrogen (secondary N) is 1. The quantitative estimate of drug-likeness (QED) is 0.933. The summed E-state index contributed by atoms with van der Waals surface area (Å²) in [5, 5.41) is 10.8. The van der Waals surface area contributed by atoms with Crippen molar-refractivity contribution in [3.63, 3.8) is 0 Å². The van der Waals surface area contributed by atoms with Gasteiger partial charge in [-0.05, 0) is 44.5 Å². The van der Waals surface area contributed by atoms with Crippen molar-refractivity contribution in [2.45, 2.75) is 32.7 Å². The van der Waals surface area contributed by atoms with Gasteiger partial charge in [-0.1, -0.05) is 28.1 Å². The fourth-order valence-corrected chi connectivity index (χ4v) is 1.81. The molecule has 0 bridgehead atoms. The molecule has 0 aliphatic rings. The predicted molar refractivity (Wildman–Crippen MR) is 80.9 cm³/mol. The van der Waals surface area contributed by atoms with Gasteiger partial charge in [0.05, 0.1) is 11.9 Å². The summed E-state index contributed by atoms with van der Waals surface area (Å²) in [7, 11) is 0. The van der Waals surface area contributed by atoms with Crippen LogP contribution in [0.25, 0.3) is 5.69 Å². The molecule has 5 nitrogen and oxygen atoms in total. The molecule has 0 saturated carbocycles. The van der Waals surface area contributed by atoms with Crippen molar-refractivity contribution < 1.29 is 4.79 Å². The van der Waals surface area contributed by atoms with Gasteiger partial charge in [0, 0.05) is 10.0 Å². The molecule has 106 valence electrons. The van der Waals surface area contributed by atoms with Gasteiger partial charge in [0.1, 0.15) is 0 Å². The summed E-state index contributed by atoms with van der Waals surface area (Å²) in [5.74, 6) is -0.208. The minimum Gasteiger partial charge on any atom is -0.346 e. The third kappa shape index (κ3) is 3.45. The lowest BCUT2D eigenvalue weighted by Gasteiger charge is -2.23. The lowest BCUT2D eigenvalue weighted by molar-refractivity contribution is 0.0906. The molecule has 2 rings (SSSR count). The number of carbonyl (C=O) groups excluding carboxylic acids is 1. The second-order valence-electron chi connectivity index (χ2n) is 5.22. The highest BCUT2D eigenvalue weighted by molar-refractivity contribution is 9.10. The maximum Gasteiger partial charge on any atom is 0.273 e. The third-order valence-electron chi connectivity index (χ3n) is 3.15. The fourth-order valence-electron chi connectivity index (χ4n) is 1.55. The zero-order chi connectivity index (χ0) is 14.8. The first-order valence-electron chi connectivity index (χ1n) is 6.42. The van der Waals surface area contributed by atoms with Crippen LogP contribution in [0, 0.1) is 0 Å². The van der Waals surface area contributed by atoms with Gasteiger partial charge in [-0.15, -0.1) is 5.10 Å². The number of amides is 1. The van der Waals surface area contributed by atoms with Gasteiger partial charge in [0.15, 0.2) is 5.69 Å². The molecular weight excluding hydrogens is 320 g/mol. The van der Waals surface area contributed by atoms with E-state index in [0.29, 0.717) is 5.69 Å². The molecule has 0 aliphatic carbocycles. The van der Waals surface area contributed by atoms with Crippen LogP contribution in [0.15, 0.2) is 34.9 Å². The van der Waals surface area contributed by atoms with Crippen molar-refractivity contribution in [2.75, 3.05) is 0 Å². The molecular formula is C14H17BrN4O. The highest BCUT2D eigenvalue weighted by Crippen LogP contribution is 2.14. The first-order chi connectivity index (χ1) is 9.41. The van der Waals surface area contributed by atoms with Crippen LogP contribution >= 0.6 is 15.9 Å². The Labute approximate surface area is 126 Å². The van der Waals surface area contributed by atoms with E-state index in [-0.39, 0.29) is 11.4 Å². The van der Waals surface area contributed by atoms with E-state index in [1.165, 1.54) is 0 Å². The Balaban J connectivity index is 2.17. The molecule has 1 N–H and O–H groups in total. The average molecular weight is 337 g/mol. The Hall–Kier alpha value is -1.69. The number of aromatic nitrogens is 3. The minimum absolute atomic E-state index is 0.208. The van der Waals surface area contributed by atoms with Crippen molar-refractivity contribution in [2.24, 2.45) is 0 Å². The Morgan fingerprint density at radius 2 is 2.00 bits per heavy atom. The van der Waals surface area contributed by atoms with Crippen LogP contribution in [0.2, 0.25) is 0 Å². The molecule has 0 fully saturated rings. The number of hydrogen-bond acceptors (Lipinski definition) is 3. The Bertz CT molecular complexity index is 604. The molecule has 2 aromatic rings. The van der Waals surface area contributed by atoms with E-state index in [2.05, 4.69) is 31.6 Å². The molecule has 20 heavy (non-hydrogen) atoms. The average Bonchev–Trinajstić information content (AvgIpc) is 2.89.